The molecule has 0 saturated heterocycles. The minimum Gasteiger partial charge on any atom is -0.211 e. The number of hydrogen-bond donors (Lipinski definition) is 1. The molecule has 0 radical (unpaired) electrons. The molecule has 1 N–H and O–H groups in total. The van der Waals surface area contributed by atoms with E-state index in [1.54, 1.807) is 12.1 Å². The number of benzene rings is 1. The summed E-state index contributed by atoms with van der Waals surface area (Å²) in [4.78, 5) is 0.379. The van der Waals surface area contributed by atoms with E-state index in [-0.39, 0.29) is 0 Å². The fourth-order valence-corrected chi connectivity index (χ4v) is 4.19. The summed E-state index contributed by atoms with van der Waals surface area (Å²) in [6, 6.07) is 7.33. The highest BCUT2D eigenvalue weighted by molar-refractivity contribution is 7.89. The fourth-order valence-electron chi connectivity index (χ4n) is 3.12. The number of aryl methyl sites for hydroxylation is 1. The molecule has 1 aromatic carbocycles. The van der Waals surface area contributed by atoms with Crippen LogP contribution >= 0.6 is 0 Å². The molecule has 0 heterocycles. The maximum absolute atomic E-state index is 12.3. The third-order valence-corrected chi connectivity index (χ3v) is 6.35. The molecule has 0 spiro atoms. The Labute approximate surface area is 162 Å². The highest BCUT2D eigenvalue weighted by atomic mass is 32.2. The van der Waals surface area contributed by atoms with Crippen molar-refractivity contribution in [3.63, 3.8) is 0 Å². The average molecular weight is 382 g/mol. The van der Waals surface area contributed by atoms with Crippen molar-refractivity contribution in [3.05, 3.63) is 29.8 Å². The van der Waals surface area contributed by atoms with Crippen molar-refractivity contribution >= 4 is 10.0 Å². The topological polar surface area (TPSA) is 46.2 Å². The van der Waals surface area contributed by atoms with Crippen LogP contribution in [0.1, 0.15) is 96.5 Å². The average Bonchev–Trinajstić information content (AvgIpc) is 2.64. The molecule has 150 valence electrons. The van der Waals surface area contributed by atoms with E-state index in [4.69, 9.17) is 0 Å². The Kier molecular flexibility index (Phi) is 12.7. The molecule has 4 heteroatoms. The van der Waals surface area contributed by atoms with Crippen LogP contribution in [-0.2, 0) is 16.4 Å². The van der Waals surface area contributed by atoms with Crippen molar-refractivity contribution in [2.24, 2.45) is 0 Å². The number of nitrogens with one attached hydrogen (secondary N) is 1. The summed E-state index contributed by atoms with van der Waals surface area (Å²) in [5.41, 5.74) is 1.21. The lowest BCUT2D eigenvalue weighted by Gasteiger charge is -2.08. The predicted octanol–water partition coefficient (Wildman–Crippen LogP) is 6.23. The van der Waals surface area contributed by atoms with Crippen molar-refractivity contribution in [2.75, 3.05) is 6.54 Å². The van der Waals surface area contributed by atoms with Crippen molar-refractivity contribution in [1.82, 2.24) is 4.72 Å². The van der Waals surface area contributed by atoms with Gasteiger partial charge in [-0.15, -0.1) is 0 Å². The van der Waals surface area contributed by atoms with Gasteiger partial charge in [0, 0.05) is 6.54 Å². The zero-order chi connectivity index (χ0) is 19.1. The van der Waals surface area contributed by atoms with Gasteiger partial charge in [0.25, 0.3) is 0 Å². The molecule has 0 bridgehead atoms. The molecular weight excluding hydrogens is 342 g/mol. The highest BCUT2D eigenvalue weighted by Gasteiger charge is 2.12. The second-order valence-electron chi connectivity index (χ2n) is 7.33. The molecule has 0 saturated carbocycles. The van der Waals surface area contributed by atoms with Crippen LogP contribution in [0.5, 0.6) is 0 Å². The van der Waals surface area contributed by atoms with Crippen LogP contribution < -0.4 is 4.72 Å². The van der Waals surface area contributed by atoms with Gasteiger partial charge in [0.2, 0.25) is 10.0 Å². The normalized spacial score (nSPS) is 11.8. The number of hydrogen-bond acceptors (Lipinski definition) is 2. The molecule has 0 fully saturated rings. The molecule has 0 aliphatic heterocycles. The number of unbranched alkanes of at least 4 members (excludes halogenated alkanes) is 10. The summed E-state index contributed by atoms with van der Waals surface area (Å²) in [5, 5.41) is 0. The minimum absolute atomic E-state index is 0.379. The number of sulfonamides is 1. The highest BCUT2D eigenvalue weighted by Crippen LogP contribution is 2.13. The molecule has 1 aromatic rings. The Hall–Kier alpha value is -0.870. The summed E-state index contributed by atoms with van der Waals surface area (Å²) in [6.07, 6.45) is 15.9. The Morgan fingerprint density at radius 3 is 1.73 bits per heavy atom. The fraction of sp³-hybridized carbons (Fsp3) is 0.727. The second kappa shape index (κ2) is 14.2. The maximum Gasteiger partial charge on any atom is 0.240 e. The zero-order valence-corrected chi connectivity index (χ0v) is 17.8. The molecule has 0 amide bonds. The van der Waals surface area contributed by atoms with Gasteiger partial charge in [-0.3, -0.25) is 0 Å². The molecular formula is C22H39NO2S. The first-order valence-electron chi connectivity index (χ1n) is 10.7. The van der Waals surface area contributed by atoms with Gasteiger partial charge < -0.3 is 0 Å². The SMILES string of the molecule is CCCCCCCCCCCCNS(=O)(=O)c1ccc(CCCC)cc1. The molecule has 3 nitrogen and oxygen atoms in total. The Balaban J connectivity index is 2.14. The Bertz CT molecular complexity index is 552. The van der Waals surface area contributed by atoms with E-state index < -0.39 is 10.0 Å². The van der Waals surface area contributed by atoms with Crippen LogP contribution in [0.15, 0.2) is 29.2 Å². The van der Waals surface area contributed by atoms with Gasteiger partial charge in [-0.2, -0.15) is 0 Å². The Morgan fingerprint density at radius 2 is 1.19 bits per heavy atom. The standard InChI is InChI=1S/C22H39NO2S/c1-3-5-7-8-9-10-11-12-13-14-20-23-26(24,25)22-18-16-21(17-19-22)15-6-4-2/h16-19,23H,3-15,20H2,1-2H3. The molecule has 0 aromatic heterocycles. The van der Waals surface area contributed by atoms with E-state index in [9.17, 15) is 8.42 Å². The zero-order valence-electron chi connectivity index (χ0n) is 16.9. The minimum atomic E-state index is -3.36. The smallest absolute Gasteiger partial charge is 0.211 e. The van der Waals surface area contributed by atoms with Crippen molar-refractivity contribution in [1.29, 1.82) is 0 Å². The summed E-state index contributed by atoms with van der Waals surface area (Å²) >= 11 is 0. The van der Waals surface area contributed by atoms with E-state index in [1.807, 2.05) is 12.1 Å². The largest absolute Gasteiger partial charge is 0.240 e. The molecule has 0 atom stereocenters. The lowest BCUT2D eigenvalue weighted by Crippen LogP contribution is -2.24. The monoisotopic (exact) mass is 381 g/mol. The van der Waals surface area contributed by atoms with Crippen molar-refractivity contribution < 1.29 is 8.42 Å². The van der Waals surface area contributed by atoms with Crippen LogP contribution in [0.2, 0.25) is 0 Å². The number of rotatable bonds is 16. The molecule has 0 aliphatic rings. The van der Waals surface area contributed by atoms with Crippen LogP contribution in [0.3, 0.4) is 0 Å². The lowest BCUT2D eigenvalue weighted by molar-refractivity contribution is 0.549. The van der Waals surface area contributed by atoms with E-state index in [0.717, 1.165) is 32.1 Å². The predicted molar refractivity (Wildman–Crippen MR) is 112 cm³/mol. The first-order valence-corrected chi connectivity index (χ1v) is 12.2. The van der Waals surface area contributed by atoms with Gasteiger partial charge in [-0.25, -0.2) is 13.1 Å². The molecule has 0 aliphatic carbocycles. The van der Waals surface area contributed by atoms with Gasteiger partial charge in [-0.1, -0.05) is 90.2 Å². The van der Waals surface area contributed by atoms with Gasteiger partial charge in [-0.05, 0) is 37.0 Å². The van der Waals surface area contributed by atoms with E-state index in [0.29, 0.717) is 11.4 Å². The van der Waals surface area contributed by atoms with Crippen LogP contribution in [0.4, 0.5) is 0 Å². The van der Waals surface area contributed by atoms with Gasteiger partial charge >= 0.3 is 0 Å². The van der Waals surface area contributed by atoms with Crippen LogP contribution in [0, 0.1) is 0 Å². The summed E-state index contributed by atoms with van der Waals surface area (Å²) < 4.78 is 27.3. The van der Waals surface area contributed by atoms with Gasteiger partial charge in [0.15, 0.2) is 0 Å². The quantitative estimate of drug-likeness (QED) is 0.345. The third kappa shape index (κ3) is 10.3. The van der Waals surface area contributed by atoms with Crippen molar-refractivity contribution in [2.45, 2.75) is 102 Å². The van der Waals surface area contributed by atoms with E-state index in [2.05, 4.69) is 18.6 Å². The second-order valence-corrected chi connectivity index (χ2v) is 9.09. The first kappa shape index (κ1) is 23.2. The van der Waals surface area contributed by atoms with Gasteiger partial charge in [0.05, 0.1) is 4.90 Å². The maximum atomic E-state index is 12.3. The summed E-state index contributed by atoms with van der Waals surface area (Å²) in [6.45, 7) is 4.95. The van der Waals surface area contributed by atoms with Crippen LogP contribution in [0.25, 0.3) is 0 Å². The summed E-state index contributed by atoms with van der Waals surface area (Å²) in [5.74, 6) is 0. The van der Waals surface area contributed by atoms with Crippen LogP contribution in [-0.4, -0.2) is 15.0 Å². The van der Waals surface area contributed by atoms with Gasteiger partial charge in [0.1, 0.15) is 0 Å². The first-order chi connectivity index (χ1) is 12.6. The van der Waals surface area contributed by atoms with E-state index >= 15 is 0 Å². The van der Waals surface area contributed by atoms with E-state index in [1.165, 1.54) is 56.9 Å². The summed E-state index contributed by atoms with van der Waals surface area (Å²) in [7, 11) is -3.36. The third-order valence-electron chi connectivity index (χ3n) is 4.88. The molecule has 26 heavy (non-hydrogen) atoms. The Morgan fingerprint density at radius 1 is 0.692 bits per heavy atom. The lowest BCUT2D eigenvalue weighted by atomic mass is 10.1. The van der Waals surface area contributed by atoms with Crippen molar-refractivity contribution in [3.8, 4) is 0 Å². The molecule has 0 unspecified atom stereocenters. The molecule has 1 rings (SSSR count).